The van der Waals surface area contributed by atoms with Gasteiger partial charge in [-0.1, -0.05) is 18.2 Å². The second-order valence-electron chi connectivity index (χ2n) is 4.18. The van der Waals surface area contributed by atoms with E-state index in [0.717, 1.165) is 26.2 Å². The molecule has 0 radical (unpaired) electrons. The van der Waals surface area contributed by atoms with Crippen LogP contribution >= 0.6 is 11.3 Å². The Balaban J connectivity index is 1.78. The van der Waals surface area contributed by atoms with Crippen LogP contribution in [0.2, 0.25) is 0 Å². The van der Waals surface area contributed by atoms with Crippen LogP contribution in [0.5, 0.6) is 0 Å². The predicted molar refractivity (Wildman–Crippen MR) is 68.1 cm³/mol. The maximum atomic E-state index is 5.47. The van der Waals surface area contributed by atoms with Gasteiger partial charge in [-0.2, -0.15) is 0 Å². The first-order valence-electron chi connectivity index (χ1n) is 5.70. The number of hydrogen-bond acceptors (Lipinski definition) is 3. The van der Waals surface area contributed by atoms with E-state index in [9.17, 15) is 0 Å². The molecule has 1 N–H and O–H groups in total. The van der Waals surface area contributed by atoms with Crippen molar-refractivity contribution in [2.24, 2.45) is 0 Å². The average Bonchev–Trinajstić information content (AvgIpc) is 2.72. The van der Waals surface area contributed by atoms with Crippen molar-refractivity contribution in [1.29, 1.82) is 0 Å². The minimum absolute atomic E-state index is 0.488. The van der Waals surface area contributed by atoms with Gasteiger partial charge in [0, 0.05) is 22.2 Å². The molecule has 1 aromatic carbocycles. The van der Waals surface area contributed by atoms with Crippen LogP contribution < -0.4 is 5.32 Å². The Morgan fingerprint density at radius 1 is 1.38 bits per heavy atom. The van der Waals surface area contributed by atoms with Crippen molar-refractivity contribution in [3.05, 3.63) is 35.2 Å². The molecule has 0 bridgehead atoms. The van der Waals surface area contributed by atoms with Gasteiger partial charge < -0.3 is 10.1 Å². The molecule has 3 rings (SSSR count). The molecule has 84 valence electrons. The van der Waals surface area contributed by atoms with Crippen molar-refractivity contribution in [2.45, 2.75) is 12.5 Å². The third-order valence-electron chi connectivity index (χ3n) is 2.92. The number of hydrogen-bond donors (Lipinski definition) is 1. The summed E-state index contributed by atoms with van der Waals surface area (Å²) in [7, 11) is 0. The zero-order chi connectivity index (χ0) is 10.8. The largest absolute Gasteiger partial charge is 0.379 e. The maximum absolute atomic E-state index is 5.47. The summed E-state index contributed by atoms with van der Waals surface area (Å²) in [5.41, 5.74) is 0. The zero-order valence-electron chi connectivity index (χ0n) is 9.11. The van der Waals surface area contributed by atoms with E-state index in [1.807, 2.05) is 11.3 Å². The summed E-state index contributed by atoms with van der Waals surface area (Å²) in [5.74, 6) is 0. The fourth-order valence-corrected chi connectivity index (χ4v) is 3.28. The second kappa shape index (κ2) is 4.53. The molecule has 16 heavy (non-hydrogen) atoms. The van der Waals surface area contributed by atoms with Gasteiger partial charge in [-0.25, -0.2) is 0 Å². The van der Waals surface area contributed by atoms with E-state index >= 15 is 0 Å². The van der Waals surface area contributed by atoms with Crippen LogP contribution in [0.25, 0.3) is 10.1 Å². The number of thiophene rings is 1. The van der Waals surface area contributed by atoms with E-state index in [2.05, 4.69) is 35.6 Å². The smallest absolute Gasteiger partial charge is 0.0623 e. The van der Waals surface area contributed by atoms with Crippen molar-refractivity contribution < 1.29 is 4.74 Å². The summed E-state index contributed by atoms with van der Waals surface area (Å²) >= 11 is 1.90. The van der Waals surface area contributed by atoms with Crippen LogP contribution in [0.1, 0.15) is 4.88 Å². The van der Waals surface area contributed by atoms with Crippen molar-refractivity contribution in [2.75, 3.05) is 19.8 Å². The maximum Gasteiger partial charge on any atom is 0.0623 e. The lowest BCUT2D eigenvalue weighted by Gasteiger charge is -2.23. The molecule has 2 nitrogen and oxygen atoms in total. The van der Waals surface area contributed by atoms with Gasteiger partial charge in [0.2, 0.25) is 0 Å². The summed E-state index contributed by atoms with van der Waals surface area (Å²) in [5, 5.41) is 4.85. The van der Waals surface area contributed by atoms with Crippen LogP contribution in [0, 0.1) is 0 Å². The van der Waals surface area contributed by atoms with Gasteiger partial charge in [0.25, 0.3) is 0 Å². The first kappa shape index (κ1) is 10.3. The first-order valence-corrected chi connectivity index (χ1v) is 6.52. The lowest BCUT2D eigenvalue weighted by Crippen LogP contribution is -2.42. The Morgan fingerprint density at radius 2 is 2.31 bits per heavy atom. The molecule has 1 unspecified atom stereocenters. The molecular weight excluding hydrogens is 218 g/mol. The van der Waals surface area contributed by atoms with Crippen molar-refractivity contribution in [3.63, 3.8) is 0 Å². The Morgan fingerprint density at radius 3 is 3.12 bits per heavy atom. The van der Waals surface area contributed by atoms with E-state index in [1.165, 1.54) is 15.0 Å². The summed E-state index contributed by atoms with van der Waals surface area (Å²) < 4.78 is 6.85. The molecule has 1 atom stereocenters. The number of morpholine rings is 1. The van der Waals surface area contributed by atoms with Crippen molar-refractivity contribution >= 4 is 21.4 Å². The molecule has 0 aliphatic carbocycles. The predicted octanol–water partition coefficient (Wildman–Crippen LogP) is 2.43. The van der Waals surface area contributed by atoms with Gasteiger partial charge in [-0.3, -0.25) is 0 Å². The second-order valence-corrected chi connectivity index (χ2v) is 5.35. The van der Waals surface area contributed by atoms with Crippen LogP contribution in [0.3, 0.4) is 0 Å². The number of ether oxygens (including phenoxy) is 1. The molecule has 1 aliphatic heterocycles. The van der Waals surface area contributed by atoms with E-state index in [4.69, 9.17) is 4.74 Å². The fraction of sp³-hybridized carbons (Fsp3) is 0.385. The molecule has 2 heterocycles. The van der Waals surface area contributed by atoms with Gasteiger partial charge in [0.05, 0.1) is 13.2 Å². The highest BCUT2D eigenvalue weighted by atomic mass is 32.1. The monoisotopic (exact) mass is 233 g/mol. The van der Waals surface area contributed by atoms with E-state index in [-0.39, 0.29) is 0 Å². The highest BCUT2D eigenvalue weighted by Crippen LogP contribution is 2.26. The summed E-state index contributed by atoms with van der Waals surface area (Å²) in [6.45, 7) is 2.67. The molecule has 0 spiro atoms. The standard InChI is InChI=1S/C13H15NOS/c1-2-4-13-10(3-1)7-12(16-13)8-11-9-15-6-5-14-11/h1-4,7,11,14H,5-6,8-9H2. The molecule has 1 saturated heterocycles. The minimum atomic E-state index is 0.488. The first-order chi connectivity index (χ1) is 7.92. The summed E-state index contributed by atoms with van der Waals surface area (Å²) in [6.07, 6.45) is 1.08. The van der Waals surface area contributed by atoms with Gasteiger partial charge in [-0.15, -0.1) is 11.3 Å². The molecular formula is C13H15NOS. The minimum Gasteiger partial charge on any atom is -0.379 e. The third kappa shape index (κ3) is 2.12. The summed E-state index contributed by atoms with van der Waals surface area (Å²) in [6, 6.07) is 11.4. The normalized spacial score (nSPS) is 21.4. The number of fused-ring (bicyclic) bond motifs is 1. The Labute approximate surface area is 99.2 Å². The van der Waals surface area contributed by atoms with E-state index < -0.39 is 0 Å². The highest BCUT2D eigenvalue weighted by molar-refractivity contribution is 7.19. The highest BCUT2D eigenvalue weighted by Gasteiger charge is 2.14. The Kier molecular flexibility index (Phi) is 2.91. The molecule has 1 aliphatic rings. The van der Waals surface area contributed by atoms with Crippen LogP contribution in [-0.4, -0.2) is 25.8 Å². The van der Waals surface area contributed by atoms with Gasteiger partial charge >= 0.3 is 0 Å². The number of rotatable bonds is 2. The van der Waals surface area contributed by atoms with Gasteiger partial charge in [0.1, 0.15) is 0 Å². The Bertz CT molecular complexity index is 440. The quantitative estimate of drug-likeness (QED) is 0.860. The SMILES string of the molecule is c1ccc2sc(CC3COCCN3)cc2c1. The van der Waals surface area contributed by atoms with Crippen LogP contribution in [-0.2, 0) is 11.2 Å². The van der Waals surface area contributed by atoms with Crippen molar-refractivity contribution in [1.82, 2.24) is 5.32 Å². The molecule has 0 saturated carbocycles. The van der Waals surface area contributed by atoms with E-state index in [1.54, 1.807) is 0 Å². The third-order valence-corrected chi connectivity index (χ3v) is 4.06. The van der Waals surface area contributed by atoms with Crippen LogP contribution in [0.15, 0.2) is 30.3 Å². The number of nitrogens with one attached hydrogen (secondary N) is 1. The van der Waals surface area contributed by atoms with Crippen LogP contribution in [0.4, 0.5) is 0 Å². The molecule has 0 amide bonds. The molecule has 2 aromatic rings. The van der Waals surface area contributed by atoms with Gasteiger partial charge in [0.15, 0.2) is 0 Å². The lowest BCUT2D eigenvalue weighted by molar-refractivity contribution is 0.0772. The van der Waals surface area contributed by atoms with Gasteiger partial charge in [-0.05, 0) is 23.9 Å². The molecule has 3 heteroatoms. The summed E-state index contributed by atoms with van der Waals surface area (Å²) in [4.78, 5) is 1.45. The average molecular weight is 233 g/mol. The fourth-order valence-electron chi connectivity index (χ4n) is 2.13. The van der Waals surface area contributed by atoms with Crippen molar-refractivity contribution in [3.8, 4) is 0 Å². The topological polar surface area (TPSA) is 21.3 Å². The van der Waals surface area contributed by atoms with E-state index in [0.29, 0.717) is 6.04 Å². The number of benzene rings is 1. The molecule has 1 aromatic heterocycles. The molecule has 1 fully saturated rings. The zero-order valence-corrected chi connectivity index (χ0v) is 9.93. The lowest BCUT2D eigenvalue weighted by atomic mass is 10.1. The Hall–Kier alpha value is -0.900.